The van der Waals surface area contributed by atoms with E-state index >= 15 is 0 Å². The van der Waals surface area contributed by atoms with Gasteiger partial charge in [-0.1, -0.05) is 60.1 Å². The number of hydrogen-bond acceptors (Lipinski definition) is 1. The molecule has 2 aromatic carbocycles. The lowest BCUT2D eigenvalue weighted by atomic mass is 10.1. The number of benzene rings is 2. The molecule has 0 bridgehead atoms. The molecule has 0 heterocycles. The van der Waals surface area contributed by atoms with E-state index in [4.69, 9.17) is 11.6 Å². The first-order valence-electron chi connectivity index (χ1n) is 6.75. The largest absolute Gasteiger partial charge is 0.338 e. The van der Waals surface area contributed by atoms with E-state index in [9.17, 15) is 4.79 Å². The summed E-state index contributed by atoms with van der Waals surface area (Å²) in [5, 5.41) is 6.18. The Morgan fingerprint density at radius 1 is 1.05 bits per heavy atom. The summed E-state index contributed by atoms with van der Waals surface area (Å²) in [4.78, 5) is 11.6. The minimum atomic E-state index is -0.228. The van der Waals surface area contributed by atoms with Gasteiger partial charge in [-0.05, 0) is 29.7 Å². The molecular weight excluding hydrogens is 284 g/mol. The Labute approximate surface area is 129 Å². The molecule has 0 aliphatic heterocycles. The van der Waals surface area contributed by atoms with Crippen molar-refractivity contribution in [3.05, 3.63) is 76.9 Å². The number of nitrogens with one attached hydrogen (secondary N) is 2. The van der Waals surface area contributed by atoms with Crippen LogP contribution in [0.25, 0.3) is 6.08 Å². The molecule has 0 spiro atoms. The summed E-state index contributed by atoms with van der Waals surface area (Å²) in [7, 11) is 0. The number of carbonyl (C=O) groups excluding carboxylic acids is 1. The minimum absolute atomic E-state index is 0.228. The highest BCUT2D eigenvalue weighted by Gasteiger charge is 2.00. The van der Waals surface area contributed by atoms with Crippen LogP contribution in [-0.4, -0.2) is 12.6 Å². The molecule has 0 unspecified atom stereocenters. The van der Waals surface area contributed by atoms with Crippen molar-refractivity contribution in [1.82, 2.24) is 10.6 Å². The molecule has 0 saturated carbocycles. The summed E-state index contributed by atoms with van der Waals surface area (Å²) in [5.74, 6) is 0. The standard InChI is InChI=1S/C17H17ClN2O/c18-16-9-5-4-8-15(16)11-13-20-17(21)19-12-10-14-6-2-1-3-7-14/h1-10,12H,11,13H2,(H2,19,20,21)/b12-10+. The molecule has 2 amide bonds. The Morgan fingerprint density at radius 3 is 2.52 bits per heavy atom. The van der Waals surface area contributed by atoms with Crippen molar-refractivity contribution in [3.8, 4) is 0 Å². The van der Waals surface area contributed by atoms with Gasteiger partial charge in [0.2, 0.25) is 0 Å². The second-order valence-corrected chi connectivity index (χ2v) is 4.89. The Hall–Kier alpha value is -2.26. The normalized spacial score (nSPS) is 10.5. The van der Waals surface area contributed by atoms with Crippen molar-refractivity contribution < 1.29 is 4.79 Å². The molecular formula is C17H17ClN2O. The molecule has 0 fully saturated rings. The lowest BCUT2D eigenvalue weighted by molar-refractivity contribution is 0.244. The van der Waals surface area contributed by atoms with E-state index in [0.717, 1.165) is 16.1 Å². The van der Waals surface area contributed by atoms with Gasteiger partial charge in [0.25, 0.3) is 0 Å². The predicted octanol–water partition coefficient (Wildman–Crippen LogP) is 3.85. The zero-order valence-corrected chi connectivity index (χ0v) is 12.3. The van der Waals surface area contributed by atoms with Crippen LogP contribution >= 0.6 is 11.6 Å². The highest BCUT2D eigenvalue weighted by Crippen LogP contribution is 2.14. The van der Waals surface area contributed by atoms with Crippen LogP contribution in [0.1, 0.15) is 11.1 Å². The lowest BCUT2D eigenvalue weighted by Crippen LogP contribution is -2.33. The third kappa shape index (κ3) is 5.32. The Kier molecular flexibility index (Phi) is 5.85. The van der Waals surface area contributed by atoms with Gasteiger partial charge in [-0.15, -0.1) is 0 Å². The average molecular weight is 301 g/mol. The van der Waals surface area contributed by atoms with Gasteiger partial charge < -0.3 is 10.6 Å². The van der Waals surface area contributed by atoms with Crippen molar-refractivity contribution in [3.63, 3.8) is 0 Å². The monoisotopic (exact) mass is 300 g/mol. The maximum Gasteiger partial charge on any atom is 0.318 e. The molecule has 21 heavy (non-hydrogen) atoms. The summed E-state index contributed by atoms with van der Waals surface area (Å²) in [6.07, 6.45) is 4.17. The fourth-order valence-corrected chi connectivity index (χ4v) is 2.07. The fraction of sp³-hybridized carbons (Fsp3) is 0.118. The Bertz CT molecular complexity index is 611. The van der Waals surface area contributed by atoms with Gasteiger partial charge in [-0.25, -0.2) is 4.79 Å². The third-order valence-electron chi connectivity index (χ3n) is 2.93. The zero-order valence-electron chi connectivity index (χ0n) is 11.6. The summed E-state index contributed by atoms with van der Waals surface area (Å²) >= 11 is 6.05. The summed E-state index contributed by atoms with van der Waals surface area (Å²) in [6.45, 7) is 0.536. The van der Waals surface area contributed by atoms with Crippen molar-refractivity contribution in [2.24, 2.45) is 0 Å². The van der Waals surface area contributed by atoms with Gasteiger partial charge >= 0.3 is 6.03 Å². The van der Waals surface area contributed by atoms with E-state index < -0.39 is 0 Å². The molecule has 4 heteroatoms. The van der Waals surface area contributed by atoms with Crippen LogP contribution in [0.3, 0.4) is 0 Å². The van der Waals surface area contributed by atoms with E-state index in [1.54, 1.807) is 6.20 Å². The zero-order chi connectivity index (χ0) is 14.9. The maximum atomic E-state index is 11.6. The maximum absolute atomic E-state index is 11.6. The highest BCUT2D eigenvalue weighted by molar-refractivity contribution is 6.31. The topological polar surface area (TPSA) is 41.1 Å². The van der Waals surface area contributed by atoms with Gasteiger partial charge in [-0.3, -0.25) is 0 Å². The third-order valence-corrected chi connectivity index (χ3v) is 3.30. The number of urea groups is 1. The van der Waals surface area contributed by atoms with Crippen molar-refractivity contribution in [2.45, 2.75) is 6.42 Å². The van der Waals surface area contributed by atoms with E-state index in [-0.39, 0.29) is 6.03 Å². The molecule has 3 nitrogen and oxygen atoms in total. The van der Waals surface area contributed by atoms with Crippen LogP contribution in [0.15, 0.2) is 60.8 Å². The predicted molar refractivity (Wildman–Crippen MR) is 87.2 cm³/mol. The molecule has 0 atom stereocenters. The van der Waals surface area contributed by atoms with Crippen LogP contribution in [0.2, 0.25) is 5.02 Å². The Morgan fingerprint density at radius 2 is 1.76 bits per heavy atom. The number of halogens is 1. The lowest BCUT2D eigenvalue weighted by Gasteiger charge is -2.06. The van der Waals surface area contributed by atoms with Crippen LogP contribution < -0.4 is 10.6 Å². The molecule has 2 aromatic rings. The first-order valence-corrected chi connectivity index (χ1v) is 7.13. The van der Waals surface area contributed by atoms with E-state index in [2.05, 4.69) is 10.6 Å². The van der Waals surface area contributed by atoms with Crippen LogP contribution in [-0.2, 0) is 6.42 Å². The van der Waals surface area contributed by atoms with Crippen molar-refractivity contribution in [1.29, 1.82) is 0 Å². The van der Waals surface area contributed by atoms with Crippen molar-refractivity contribution in [2.75, 3.05) is 6.54 Å². The highest BCUT2D eigenvalue weighted by atomic mass is 35.5. The van der Waals surface area contributed by atoms with Gasteiger partial charge in [-0.2, -0.15) is 0 Å². The molecule has 0 aliphatic rings. The van der Waals surface area contributed by atoms with Gasteiger partial charge in [0.05, 0.1) is 0 Å². The first kappa shape index (κ1) is 15.1. The van der Waals surface area contributed by atoms with Gasteiger partial charge in [0, 0.05) is 17.8 Å². The second kappa shape index (κ2) is 8.12. The first-order chi connectivity index (χ1) is 10.3. The van der Waals surface area contributed by atoms with Crippen molar-refractivity contribution >= 4 is 23.7 Å². The molecule has 0 aromatic heterocycles. The summed E-state index contributed by atoms with van der Waals surface area (Å²) in [6, 6.07) is 17.2. The molecule has 2 rings (SSSR count). The number of hydrogen-bond donors (Lipinski definition) is 2. The SMILES string of the molecule is O=C(N/C=C/c1ccccc1)NCCc1ccccc1Cl. The average Bonchev–Trinajstić information content (AvgIpc) is 2.50. The molecule has 0 saturated heterocycles. The number of carbonyl (C=O) groups is 1. The molecule has 108 valence electrons. The van der Waals surface area contributed by atoms with Crippen LogP contribution in [0.4, 0.5) is 4.79 Å². The van der Waals surface area contributed by atoms with E-state index in [1.807, 2.05) is 60.7 Å². The van der Waals surface area contributed by atoms with Gasteiger partial charge in [0.1, 0.15) is 0 Å². The van der Waals surface area contributed by atoms with Crippen LogP contribution in [0, 0.1) is 0 Å². The molecule has 0 aliphatic carbocycles. The number of amides is 2. The van der Waals surface area contributed by atoms with Gasteiger partial charge in [0.15, 0.2) is 0 Å². The quantitative estimate of drug-likeness (QED) is 0.865. The van der Waals surface area contributed by atoms with E-state index in [1.165, 1.54) is 0 Å². The fourth-order valence-electron chi connectivity index (χ4n) is 1.84. The number of rotatable bonds is 5. The smallest absolute Gasteiger partial charge is 0.318 e. The van der Waals surface area contributed by atoms with Crippen LogP contribution in [0.5, 0.6) is 0 Å². The summed E-state index contributed by atoms with van der Waals surface area (Å²) < 4.78 is 0. The second-order valence-electron chi connectivity index (χ2n) is 4.49. The summed E-state index contributed by atoms with van der Waals surface area (Å²) in [5.41, 5.74) is 2.06. The minimum Gasteiger partial charge on any atom is -0.338 e. The van der Waals surface area contributed by atoms with E-state index in [0.29, 0.717) is 13.0 Å². The molecule has 0 radical (unpaired) electrons. The molecule has 2 N–H and O–H groups in total. The Balaban J connectivity index is 1.71.